The van der Waals surface area contributed by atoms with E-state index in [1.54, 1.807) is 4.90 Å². The second kappa shape index (κ2) is 5.59. The van der Waals surface area contributed by atoms with E-state index in [0.29, 0.717) is 32.4 Å². The van der Waals surface area contributed by atoms with Crippen LogP contribution in [0.3, 0.4) is 0 Å². The first-order valence-corrected chi connectivity index (χ1v) is 6.81. The van der Waals surface area contributed by atoms with E-state index in [9.17, 15) is 19.5 Å². The standard InChI is InChI=1S/C13H20N2O4/c14-11(16)8-5-6-15(7-8)12(17)9-3-1-2-4-10(9)13(18)19/h8-10H,1-7H2,(H2,14,16)(H,18,19)/t8?,9-,10+/m1/s1. The van der Waals surface area contributed by atoms with Crippen LogP contribution < -0.4 is 5.73 Å². The molecule has 3 atom stereocenters. The van der Waals surface area contributed by atoms with Gasteiger partial charge in [-0.2, -0.15) is 0 Å². The molecule has 0 bridgehead atoms. The monoisotopic (exact) mass is 268 g/mol. The predicted molar refractivity (Wildman–Crippen MR) is 67.0 cm³/mol. The molecule has 1 aliphatic heterocycles. The molecule has 6 heteroatoms. The molecule has 1 aliphatic carbocycles. The van der Waals surface area contributed by atoms with Crippen LogP contribution in [0, 0.1) is 17.8 Å². The van der Waals surface area contributed by atoms with Gasteiger partial charge >= 0.3 is 5.97 Å². The number of amides is 2. The summed E-state index contributed by atoms with van der Waals surface area (Å²) in [5.41, 5.74) is 5.24. The summed E-state index contributed by atoms with van der Waals surface area (Å²) in [6.45, 7) is 0.853. The van der Waals surface area contributed by atoms with E-state index in [4.69, 9.17) is 5.73 Å². The predicted octanol–water partition coefficient (Wildman–Crippen LogP) is 0.211. The molecule has 1 unspecified atom stereocenters. The van der Waals surface area contributed by atoms with E-state index in [0.717, 1.165) is 12.8 Å². The van der Waals surface area contributed by atoms with Crippen molar-refractivity contribution in [3.8, 4) is 0 Å². The van der Waals surface area contributed by atoms with Crippen LogP contribution >= 0.6 is 0 Å². The summed E-state index contributed by atoms with van der Waals surface area (Å²) in [5, 5.41) is 9.20. The van der Waals surface area contributed by atoms with E-state index in [2.05, 4.69) is 0 Å². The number of nitrogens with zero attached hydrogens (tertiary/aromatic N) is 1. The Morgan fingerprint density at radius 1 is 1.05 bits per heavy atom. The maximum atomic E-state index is 12.4. The lowest BCUT2D eigenvalue weighted by Crippen LogP contribution is -2.42. The fourth-order valence-corrected chi connectivity index (χ4v) is 3.15. The third kappa shape index (κ3) is 2.88. The van der Waals surface area contributed by atoms with Crippen LogP contribution in [0.15, 0.2) is 0 Å². The van der Waals surface area contributed by atoms with Gasteiger partial charge in [0.25, 0.3) is 0 Å². The normalized spacial score (nSPS) is 31.2. The topological polar surface area (TPSA) is 101 Å². The van der Waals surface area contributed by atoms with Crippen molar-refractivity contribution in [3.05, 3.63) is 0 Å². The molecule has 106 valence electrons. The Hall–Kier alpha value is -1.59. The zero-order chi connectivity index (χ0) is 14.0. The molecule has 2 rings (SSSR count). The number of hydrogen-bond acceptors (Lipinski definition) is 3. The summed E-state index contributed by atoms with van der Waals surface area (Å²) in [5.74, 6) is -2.67. The third-order valence-corrected chi connectivity index (χ3v) is 4.30. The Balaban J connectivity index is 2.02. The number of carbonyl (C=O) groups excluding carboxylic acids is 2. The Bertz CT molecular complexity index is 396. The van der Waals surface area contributed by atoms with Gasteiger partial charge in [-0.05, 0) is 19.3 Å². The molecule has 3 N–H and O–H groups in total. The lowest BCUT2D eigenvalue weighted by Gasteiger charge is -2.30. The van der Waals surface area contributed by atoms with Crippen LogP contribution in [0.1, 0.15) is 32.1 Å². The maximum Gasteiger partial charge on any atom is 0.307 e. The zero-order valence-corrected chi connectivity index (χ0v) is 10.9. The van der Waals surface area contributed by atoms with Crippen molar-refractivity contribution in [2.24, 2.45) is 23.5 Å². The Morgan fingerprint density at radius 3 is 2.21 bits per heavy atom. The second-order valence-corrected chi connectivity index (χ2v) is 5.51. The zero-order valence-electron chi connectivity index (χ0n) is 10.9. The van der Waals surface area contributed by atoms with E-state index in [1.165, 1.54) is 0 Å². The number of rotatable bonds is 3. The highest BCUT2D eigenvalue weighted by Crippen LogP contribution is 2.33. The maximum absolute atomic E-state index is 12.4. The van der Waals surface area contributed by atoms with Crippen molar-refractivity contribution in [2.45, 2.75) is 32.1 Å². The van der Waals surface area contributed by atoms with Crippen LogP contribution in [0.25, 0.3) is 0 Å². The van der Waals surface area contributed by atoms with Gasteiger partial charge in [0.15, 0.2) is 0 Å². The Labute approximate surface area is 111 Å². The molecular weight excluding hydrogens is 248 g/mol. The van der Waals surface area contributed by atoms with E-state index >= 15 is 0 Å². The molecule has 0 aromatic rings. The van der Waals surface area contributed by atoms with Crippen LogP contribution in [0.2, 0.25) is 0 Å². The SMILES string of the molecule is NC(=O)C1CCN(C(=O)[C@@H]2CCCC[C@@H]2C(=O)O)C1. The number of carboxylic acid groups (broad SMARTS) is 1. The summed E-state index contributed by atoms with van der Waals surface area (Å²) in [7, 11) is 0. The van der Waals surface area contributed by atoms with Crippen molar-refractivity contribution in [1.29, 1.82) is 0 Å². The molecule has 0 radical (unpaired) electrons. The lowest BCUT2D eigenvalue weighted by molar-refractivity contribution is -0.152. The van der Waals surface area contributed by atoms with E-state index in [-0.39, 0.29) is 17.7 Å². The van der Waals surface area contributed by atoms with Crippen molar-refractivity contribution in [1.82, 2.24) is 4.90 Å². The minimum Gasteiger partial charge on any atom is -0.481 e. The highest BCUT2D eigenvalue weighted by molar-refractivity contribution is 5.86. The van der Waals surface area contributed by atoms with Gasteiger partial charge in [0.2, 0.25) is 11.8 Å². The van der Waals surface area contributed by atoms with Crippen molar-refractivity contribution in [3.63, 3.8) is 0 Å². The van der Waals surface area contributed by atoms with Gasteiger partial charge < -0.3 is 15.7 Å². The molecule has 2 fully saturated rings. The minimum atomic E-state index is -0.885. The van der Waals surface area contributed by atoms with E-state index < -0.39 is 17.8 Å². The quantitative estimate of drug-likeness (QED) is 0.764. The van der Waals surface area contributed by atoms with Crippen LogP contribution in [-0.4, -0.2) is 40.9 Å². The summed E-state index contributed by atoms with van der Waals surface area (Å²) >= 11 is 0. The molecule has 2 amide bonds. The fraction of sp³-hybridized carbons (Fsp3) is 0.769. The molecular formula is C13H20N2O4. The number of carbonyl (C=O) groups is 3. The van der Waals surface area contributed by atoms with Crippen molar-refractivity contribution in [2.75, 3.05) is 13.1 Å². The number of nitrogens with two attached hydrogens (primary N) is 1. The molecule has 19 heavy (non-hydrogen) atoms. The molecule has 0 aromatic carbocycles. The number of primary amides is 1. The Kier molecular flexibility index (Phi) is 4.07. The van der Waals surface area contributed by atoms with Gasteiger partial charge in [-0.15, -0.1) is 0 Å². The largest absolute Gasteiger partial charge is 0.481 e. The first-order valence-electron chi connectivity index (χ1n) is 6.81. The van der Waals surface area contributed by atoms with Gasteiger partial charge in [-0.1, -0.05) is 12.8 Å². The number of likely N-dealkylation sites (tertiary alicyclic amines) is 1. The van der Waals surface area contributed by atoms with Crippen LogP contribution in [0.5, 0.6) is 0 Å². The van der Waals surface area contributed by atoms with E-state index in [1.807, 2.05) is 0 Å². The third-order valence-electron chi connectivity index (χ3n) is 4.30. The van der Waals surface area contributed by atoms with Gasteiger partial charge in [0.1, 0.15) is 0 Å². The molecule has 6 nitrogen and oxygen atoms in total. The first-order chi connectivity index (χ1) is 9.00. The average Bonchev–Trinajstić information content (AvgIpc) is 2.87. The van der Waals surface area contributed by atoms with Gasteiger partial charge in [-0.25, -0.2) is 0 Å². The summed E-state index contributed by atoms with van der Waals surface area (Å²) in [6, 6.07) is 0. The molecule has 1 saturated heterocycles. The number of aliphatic carboxylic acids is 1. The molecule has 1 saturated carbocycles. The Morgan fingerprint density at radius 2 is 1.68 bits per heavy atom. The number of hydrogen-bond donors (Lipinski definition) is 2. The van der Waals surface area contributed by atoms with Crippen molar-refractivity contribution >= 4 is 17.8 Å². The van der Waals surface area contributed by atoms with Crippen LogP contribution in [0.4, 0.5) is 0 Å². The van der Waals surface area contributed by atoms with Gasteiger partial charge in [-0.3, -0.25) is 14.4 Å². The average molecular weight is 268 g/mol. The smallest absolute Gasteiger partial charge is 0.307 e. The summed E-state index contributed by atoms with van der Waals surface area (Å²) in [4.78, 5) is 36.3. The highest BCUT2D eigenvalue weighted by Gasteiger charge is 2.40. The highest BCUT2D eigenvalue weighted by atomic mass is 16.4. The second-order valence-electron chi connectivity index (χ2n) is 5.51. The molecule has 2 aliphatic rings. The summed E-state index contributed by atoms with van der Waals surface area (Å²) < 4.78 is 0. The number of carboxylic acids is 1. The fourth-order valence-electron chi connectivity index (χ4n) is 3.15. The minimum absolute atomic E-state index is 0.115. The van der Waals surface area contributed by atoms with Gasteiger partial charge in [0.05, 0.1) is 17.8 Å². The lowest BCUT2D eigenvalue weighted by atomic mass is 9.78. The van der Waals surface area contributed by atoms with Gasteiger partial charge in [0, 0.05) is 13.1 Å². The molecule has 0 aromatic heterocycles. The first kappa shape index (κ1) is 13.8. The summed E-state index contributed by atoms with van der Waals surface area (Å²) in [6.07, 6.45) is 3.55. The van der Waals surface area contributed by atoms with Crippen LogP contribution in [-0.2, 0) is 14.4 Å². The van der Waals surface area contributed by atoms with Crippen molar-refractivity contribution < 1.29 is 19.5 Å². The molecule has 1 heterocycles. The molecule has 0 spiro atoms.